The summed E-state index contributed by atoms with van der Waals surface area (Å²) in [6, 6.07) is 6.34. The SMILES string of the molecule is COC(=O)c1ccccc1NC(=O)C(O)CN. The van der Waals surface area contributed by atoms with Crippen molar-refractivity contribution in [3.05, 3.63) is 29.8 Å². The number of aliphatic hydroxyl groups excluding tert-OH is 1. The van der Waals surface area contributed by atoms with Crippen molar-refractivity contribution >= 4 is 17.6 Å². The van der Waals surface area contributed by atoms with Crippen LogP contribution < -0.4 is 11.1 Å². The number of nitrogens with two attached hydrogens (primary N) is 1. The lowest BCUT2D eigenvalue weighted by atomic mass is 10.1. The first kappa shape index (κ1) is 13.1. The third-order valence-corrected chi connectivity index (χ3v) is 2.12. The third-order valence-electron chi connectivity index (χ3n) is 2.12. The van der Waals surface area contributed by atoms with Crippen molar-refractivity contribution in [2.75, 3.05) is 19.0 Å². The van der Waals surface area contributed by atoms with Crippen LogP contribution in [-0.2, 0) is 9.53 Å². The number of hydrogen-bond acceptors (Lipinski definition) is 5. The molecular formula is C11H14N2O4. The Balaban J connectivity index is 2.91. The van der Waals surface area contributed by atoms with Gasteiger partial charge in [-0.2, -0.15) is 0 Å². The van der Waals surface area contributed by atoms with Crippen molar-refractivity contribution in [1.82, 2.24) is 0 Å². The predicted molar refractivity (Wildman–Crippen MR) is 61.5 cm³/mol. The summed E-state index contributed by atoms with van der Waals surface area (Å²) in [7, 11) is 1.25. The topological polar surface area (TPSA) is 102 Å². The Hall–Kier alpha value is -1.92. The molecule has 0 saturated heterocycles. The zero-order valence-electron chi connectivity index (χ0n) is 9.34. The zero-order valence-corrected chi connectivity index (χ0v) is 9.34. The molecule has 6 nitrogen and oxygen atoms in total. The highest BCUT2D eigenvalue weighted by Gasteiger charge is 2.17. The molecule has 92 valence electrons. The Bertz CT molecular complexity index is 420. The normalized spacial score (nSPS) is 11.7. The van der Waals surface area contributed by atoms with Gasteiger partial charge in [-0.3, -0.25) is 4.79 Å². The van der Waals surface area contributed by atoms with E-state index >= 15 is 0 Å². The maximum atomic E-state index is 11.4. The van der Waals surface area contributed by atoms with Crippen molar-refractivity contribution in [3.63, 3.8) is 0 Å². The quantitative estimate of drug-likeness (QED) is 0.627. The molecule has 1 rings (SSSR count). The number of para-hydroxylation sites is 1. The summed E-state index contributed by atoms with van der Waals surface area (Å²) in [4.78, 5) is 22.8. The summed E-state index contributed by atoms with van der Waals surface area (Å²) in [5, 5.41) is 11.6. The van der Waals surface area contributed by atoms with E-state index in [1.807, 2.05) is 0 Å². The monoisotopic (exact) mass is 238 g/mol. The first-order valence-electron chi connectivity index (χ1n) is 4.96. The van der Waals surface area contributed by atoms with E-state index in [4.69, 9.17) is 5.73 Å². The van der Waals surface area contributed by atoms with E-state index in [2.05, 4.69) is 10.1 Å². The maximum Gasteiger partial charge on any atom is 0.339 e. The number of methoxy groups -OCH3 is 1. The van der Waals surface area contributed by atoms with Crippen molar-refractivity contribution in [2.45, 2.75) is 6.10 Å². The van der Waals surface area contributed by atoms with Gasteiger partial charge in [0.2, 0.25) is 0 Å². The van der Waals surface area contributed by atoms with E-state index < -0.39 is 18.0 Å². The van der Waals surface area contributed by atoms with Gasteiger partial charge in [0.15, 0.2) is 0 Å². The van der Waals surface area contributed by atoms with E-state index in [0.717, 1.165) is 0 Å². The molecule has 0 saturated carbocycles. The molecule has 0 aliphatic carbocycles. The summed E-state index contributed by atoms with van der Waals surface area (Å²) in [5.74, 6) is -1.23. The molecule has 1 amide bonds. The highest BCUT2D eigenvalue weighted by molar-refractivity contribution is 6.02. The van der Waals surface area contributed by atoms with Crippen LogP contribution in [-0.4, -0.2) is 36.7 Å². The number of amides is 1. The molecule has 0 radical (unpaired) electrons. The molecule has 6 heteroatoms. The van der Waals surface area contributed by atoms with Gasteiger partial charge in [-0.05, 0) is 12.1 Å². The van der Waals surface area contributed by atoms with Gasteiger partial charge in [0.1, 0.15) is 6.10 Å². The molecule has 0 aromatic heterocycles. The van der Waals surface area contributed by atoms with E-state index in [9.17, 15) is 14.7 Å². The smallest absolute Gasteiger partial charge is 0.339 e. The van der Waals surface area contributed by atoms with E-state index in [1.165, 1.54) is 19.2 Å². The number of esters is 1. The Morgan fingerprint density at radius 2 is 2.12 bits per heavy atom. The fourth-order valence-corrected chi connectivity index (χ4v) is 1.20. The lowest BCUT2D eigenvalue weighted by molar-refractivity contribution is -0.123. The van der Waals surface area contributed by atoms with Gasteiger partial charge >= 0.3 is 5.97 Å². The van der Waals surface area contributed by atoms with Gasteiger partial charge in [0, 0.05) is 6.54 Å². The summed E-state index contributed by atoms with van der Waals surface area (Å²) < 4.78 is 4.57. The summed E-state index contributed by atoms with van der Waals surface area (Å²) in [6.45, 7) is -0.188. The molecule has 4 N–H and O–H groups in total. The number of benzene rings is 1. The number of nitrogens with one attached hydrogen (secondary N) is 1. The predicted octanol–water partition coefficient (Wildman–Crippen LogP) is -0.269. The van der Waals surface area contributed by atoms with Crippen LogP contribution in [0.1, 0.15) is 10.4 Å². The molecule has 1 aromatic rings. The van der Waals surface area contributed by atoms with Crippen LogP contribution in [0.5, 0.6) is 0 Å². The second kappa shape index (κ2) is 5.97. The minimum absolute atomic E-state index is 0.188. The summed E-state index contributed by atoms with van der Waals surface area (Å²) >= 11 is 0. The average molecular weight is 238 g/mol. The molecule has 0 spiro atoms. The van der Waals surface area contributed by atoms with Crippen molar-refractivity contribution in [3.8, 4) is 0 Å². The number of anilines is 1. The van der Waals surface area contributed by atoms with Crippen LogP contribution in [0.4, 0.5) is 5.69 Å². The van der Waals surface area contributed by atoms with Crippen LogP contribution in [0.2, 0.25) is 0 Å². The number of hydrogen-bond donors (Lipinski definition) is 3. The maximum absolute atomic E-state index is 11.4. The van der Waals surface area contributed by atoms with Crippen molar-refractivity contribution in [1.29, 1.82) is 0 Å². The van der Waals surface area contributed by atoms with Gasteiger partial charge in [-0.25, -0.2) is 4.79 Å². The highest BCUT2D eigenvalue weighted by atomic mass is 16.5. The summed E-state index contributed by atoms with van der Waals surface area (Å²) in [5.41, 5.74) is 5.64. The lowest BCUT2D eigenvalue weighted by Crippen LogP contribution is -2.34. The van der Waals surface area contributed by atoms with Crippen LogP contribution in [0.15, 0.2) is 24.3 Å². The molecule has 0 bridgehead atoms. The molecule has 17 heavy (non-hydrogen) atoms. The molecule has 0 aliphatic rings. The van der Waals surface area contributed by atoms with Crippen LogP contribution in [0, 0.1) is 0 Å². The van der Waals surface area contributed by atoms with Crippen LogP contribution in [0.25, 0.3) is 0 Å². The van der Waals surface area contributed by atoms with Crippen LogP contribution >= 0.6 is 0 Å². The van der Waals surface area contributed by atoms with E-state index in [1.54, 1.807) is 12.1 Å². The Kier molecular flexibility index (Phi) is 4.62. The van der Waals surface area contributed by atoms with Crippen molar-refractivity contribution in [2.24, 2.45) is 5.73 Å². The molecule has 0 aliphatic heterocycles. The average Bonchev–Trinajstić information content (AvgIpc) is 2.37. The largest absolute Gasteiger partial charge is 0.465 e. The first-order valence-corrected chi connectivity index (χ1v) is 4.96. The van der Waals surface area contributed by atoms with Gasteiger partial charge in [-0.15, -0.1) is 0 Å². The Morgan fingerprint density at radius 1 is 1.47 bits per heavy atom. The zero-order chi connectivity index (χ0) is 12.8. The fourth-order valence-electron chi connectivity index (χ4n) is 1.20. The molecule has 1 unspecified atom stereocenters. The van der Waals surface area contributed by atoms with E-state index in [-0.39, 0.29) is 17.8 Å². The van der Waals surface area contributed by atoms with Gasteiger partial charge < -0.3 is 20.9 Å². The minimum atomic E-state index is -1.30. The molecule has 1 atom stereocenters. The van der Waals surface area contributed by atoms with Gasteiger partial charge in [-0.1, -0.05) is 12.1 Å². The molecule has 0 fully saturated rings. The Labute approximate surface area is 98.4 Å². The molecular weight excluding hydrogens is 224 g/mol. The number of ether oxygens (including phenoxy) is 1. The molecule has 1 aromatic carbocycles. The standard InChI is InChI=1S/C11H14N2O4/c1-17-11(16)7-4-2-3-5-8(7)13-10(15)9(14)6-12/h2-5,9,14H,6,12H2,1H3,(H,13,15). The number of aliphatic hydroxyl groups is 1. The fraction of sp³-hybridized carbons (Fsp3) is 0.273. The van der Waals surface area contributed by atoms with Crippen LogP contribution in [0.3, 0.4) is 0 Å². The first-order chi connectivity index (χ1) is 8.10. The second-order valence-electron chi connectivity index (χ2n) is 3.28. The van der Waals surface area contributed by atoms with E-state index in [0.29, 0.717) is 0 Å². The third kappa shape index (κ3) is 3.27. The lowest BCUT2D eigenvalue weighted by Gasteiger charge is -2.11. The number of carbonyl (C=O) groups is 2. The highest BCUT2D eigenvalue weighted by Crippen LogP contribution is 2.16. The molecule has 0 heterocycles. The number of carbonyl (C=O) groups excluding carboxylic acids is 2. The van der Waals surface area contributed by atoms with Gasteiger partial charge in [0.25, 0.3) is 5.91 Å². The summed E-state index contributed by atoms with van der Waals surface area (Å²) in [6.07, 6.45) is -1.30. The van der Waals surface area contributed by atoms with Gasteiger partial charge in [0.05, 0.1) is 18.4 Å². The Morgan fingerprint density at radius 3 is 2.71 bits per heavy atom. The number of rotatable bonds is 4. The van der Waals surface area contributed by atoms with Crippen molar-refractivity contribution < 1.29 is 19.4 Å². The second-order valence-corrected chi connectivity index (χ2v) is 3.28. The minimum Gasteiger partial charge on any atom is -0.465 e.